The number of halogens is 1. The van der Waals surface area contributed by atoms with Crippen molar-refractivity contribution < 1.29 is 13.2 Å². The second-order valence-corrected chi connectivity index (χ2v) is 7.31. The van der Waals surface area contributed by atoms with Crippen LogP contribution in [0.3, 0.4) is 0 Å². The molecule has 0 aliphatic heterocycles. The lowest BCUT2D eigenvalue weighted by atomic mass is 10.4. The SMILES string of the molecule is CCc1nnc(NC(=O)c2nc(S(C)(=O)=O)ncc2Cl)s1. The molecule has 11 heteroatoms. The molecule has 0 atom stereocenters. The first-order chi connectivity index (χ1) is 9.81. The number of anilines is 1. The molecular weight excluding hydrogens is 338 g/mol. The number of nitrogens with zero attached hydrogens (tertiary/aromatic N) is 4. The Hall–Kier alpha value is -1.65. The van der Waals surface area contributed by atoms with Crippen LogP contribution in [-0.2, 0) is 16.3 Å². The molecule has 2 heterocycles. The van der Waals surface area contributed by atoms with E-state index in [1.807, 2.05) is 6.92 Å². The number of amides is 1. The van der Waals surface area contributed by atoms with Gasteiger partial charge in [0.05, 0.1) is 11.2 Å². The number of nitrogens with one attached hydrogen (secondary N) is 1. The van der Waals surface area contributed by atoms with Gasteiger partial charge in [-0.1, -0.05) is 29.9 Å². The highest BCUT2D eigenvalue weighted by Gasteiger charge is 2.19. The third-order valence-electron chi connectivity index (χ3n) is 2.26. The maximum absolute atomic E-state index is 12.1. The lowest BCUT2D eigenvalue weighted by Gasteiger charge is -2.04. The van der Waals surface area contributed by atoms with Crippen molar-refractivity contribution in [1.82, 2.24) is 20.2 Å². The van der Waals surface area contributed by atoms with E-state index >= 15 is 0 Å². The monoisotopic (exact) mass is 347 g/mol. The summed E-state index contributed by atoms with van der Waals surface area (Å²) >= 11 is 7.04. The van der Waals surface area contributed by atoms with Crippen molar-refractivity contribution in [2.75, 3.05) is 11.6 Å². The highest BCUT2D eigenvalue weighted by Crippen LogP contribution is 2.19. The molecule has 2 aromatic heterocycles. The molecule has 0 unspecified atom stereocenters. The molecule has 0 aromatic carbocycles. The normalized spacial score (nSPS) is 11.4. The maximum Gasteiger partial charge on any atom is 0.277 e. The van der Waals surface area contributed by atoms with Crippen LogP contribution in [0, 0.1) is 0 Å². The average molecular weight is 348 g/mol. The van der Waals surface area contributed by atoms with Crippen molar-refractivity contribution in [1.29, 1.82) is 0 Å². The van der Waals surface area contributed by atoms with Gasteiger partial charge in [-0.05, 0) is 6.42 Å². The molecule has 0 spiro atoms. The van der Waals surface area contributed by atoms with Crippen molar-refractivity contribution >= 4 is 43.8 Å². The minimum Gasteiger partial charge on any atom is -0.295 e. The van der Waals surface area contributed by atoms with Gasteiger partial charge >= 0.3 is 0 Å². The minimum atomic E-state index is -3.63. The van der Waals surface area contributed by atoms with Gasteiger partial charge in [-0.2, -0.15) is 0 Å². The summed E-state index contributed by atoms with van der Waals surface area (Å²) in [6.45, 7) is 1.91. The number of carbonyl (C=O) groups is 1. The van der Waals surface area contributed by atoms with E-state index in [1.54, 1.807) is 0 Å². The zero-order valence-corrected chi connectivity index (χ0v) is 13.4. The second-order valence-electron chi connectivity index (χ2n) is 3.93. The minimum absolute atomic E-state index is 0.0554. The summed E-state index contributed by atoms with van der Waals surface area (Å²) in [5, 5.41) is 10.6. The number of rotatable bonds is 4. The van der Waals surface area contributed by atoms with Crippen LogP contribution < -0.4 is 5.32 Å². The number of sulfone groups is 1. The first-order valence-electron chi connectivity index (χ1n) is 5.67. The first kappa shape index (κ1) is 15.7. The third kappa shape index (κ3) is 3.71. The van der Waals surface area contributed by atoms with Gasteiger partial charge < -0.3 is 0 Å². The third-order valence-corrected chi connectivity index (χ3v) is 4.38. The molecule has 0 bridgehead atoms. The molecule has 112 valence electrons. The Morgan fingerprint density at radius 1 is 1.43 bits per heavy atom. The highest BCUT2D eigenvalue weighted by molar-refractivity contribution is 7.90. The highest BCUT2D eigenvalue weighted by atomic mass is 35.5. The molecule has 0 radical (unpaired) electrons. The largest absolute Gasteiger partial charge is 0.295 e. The molecule has 2 rings (SSSR count). The Bertz CT molecular complexity index is 790. The van der Waals surface area contributed by atoms with Crippen LogP contribution in [0.2, 0.25) is 5.02 Å². The lowest BCUT2D eigenvalue weighted by Crippen LogP contribution is -2.17. The molecular formula is C10H10ClN5O3S2. The van der Waals surface area contributed by atoms with Crippen molar-refractivity contribution in [3.8, 4) is 0 Å². The van der Waals surface area contributed by atoms with E-state index in [2.05, 4.69) is 25.5 Å². The molecule has 0 saturated carbocycles. The Labute approximate surface area is 129 Å². The Morgan fingerprint density at radius 3 is 2.71 bits per heavy atom. The second kappa shape index (κ2) is 6.00. The van der Waals surface area contributed by atoms with Crippen LogP contribution in [-0.4, -0.2) is 40.7 Å². The van der Waals surface area contributed by atoms with Crippen molar-refractivity contribution in [2.24, 2.45) is 0 Å². The zero-order chi connectivity index (χ0) is 15.6. The molecule has 1 amide bonds. The summed E-state index contributed by atoms with van der Waals surface area (Å²) in [7, 11) is -3.63. The van der Waals surface area contributed by atoms with E-state index in [0.29, 0.717) is 6.42 Å². The Balaban J connectivity index is 2.30. The quantitative estimate of drug-likeness (QED) is 0.826. The molecule has 2 aromatic rings. The first-order valence-corrected chi connectivity index (χ1v) is 8.76. The van der Waals surface area contributed by atoms with E-state index < -0.39 is 20.9 Å². The van der Waals surface area contributed by atoms with E-state index in [9.17, 15) is 13.2 Å². The Kier molecular flexibility index (Phi) is 4.49. The summed E-state index contributed by atoms with van der Waals surface area (Å²) < 4.78 is 22.8. The van der Waals surface area contributed by atoms with Gasteiger partial charge in [-0.15, -0.1) is 10.2 Å². The zero-order valence-electron chi connectivity index (χ0n) is 11.0. The molecule has 0 saturated heterocycles. The van der Waals surface area contributed by atoms with Gasteiger partial charge in [0.2, 0.25) is 20.1 Å². The summed E-state index contributed by atoms with van der Waals surface area (Å²) in [5.41, 5.74) is -0.236. The molecule has 0 fully saturated rings. The van der Waals surface area contributed by atoms with Gasteiger partial charge in [0.25, 0.3) is 5.91 Å². The molecule has 0 aliphatic rings. The lowest BCUT2D eigenvalue weighted by molar-refractivity contribution is 0.102. The number of carbonyl (C=O) groups excluding carboxylic acids is 1. The number of aryl methyl sites for hydroxylation is 1. The van der Waals surface area contributed by atoms with Crippen molar-refractivity contribution in [3.63, 3.8) is 0 Å². The standard InChI is InChI=1S/C10H10ClN5O3S2/c1-3-6-15-16-9(20-6)14-8(17)7-5(11)4-12-10(13-7)21(2,18)19/h4H,3H2,1-2H3,(H,14,16,17). The van der Waals surface area contributed by atoms with Crippen LogP contribution in [0.5, 0.6) is 0 Å². The summed E-state index contributed by atoms with van der Waals surface area (Å²) in [5.74, 6) is -0.675. The van der Waals surface area contributed by atoms with Crippen LogP contribution in [0.4, 0.5) is 5.13 Å². The van der Waals surface area contributed by atoms with E-state index in [4.69, 9.17) is 11.6 Å². The van der Waals surface area contributed by atoms with Crippen LogP contribution in [0.15, 0.2) is 11.4 Å². The summed E-state index contributed by atoms with van der Waals surface area (Å²) in [6, 6.07) is 0. The Morgan fingerprint density at radius 2 is 2.14 bits per heavy atom. The average Bonchev–Trinajstić information content (AvgIpc) is 2.85. The van der Waals surface area contributed by atoms with Crippen LogP contribution in [0.1, 0.15) is 22.4 Å². The number of hydrogen-bond donors (Lipinski definition) is 1. The van der Waals surface area contributed by atoms with E-state index in [1.165, 1.54) is 11.3 Å². The molecule has 1 N–H and O–H groups in total. The van der Waals surface area contributed by atoms with Crippen molar-refractivity contribution in [2.45, 2.75) is 18.5 Å². The predicted octanol–water partition coefficient (Wildman–Crippen LogP) is 1.20. The number of aromatic nitrogens is 4. The summed E-state index contributed by atoms with van der Waals surface area (Å²) in [6.07, 6.45) is 2.70. The van der Waals surface area contributed by atoms with Crippen LogP contribution >= 0.6 is 22.9 Å². The fourth-order valence-electron chi connectivity index (χ4n) is 1.29. The topological polar surface area (TPSA) is 115 Å². The van der Waals surface area contributed by atoms with Gasteiger partial charge in [-0.3, -0.25) is 10.1 Å². The van der Waals surface area contributed by atoms with E-state index in [0.717, 1.165) is 17.5 Å². The molecule has 21 heavy (non-hydrogen) atoms. The predicted molar refractivity (Wildman–Crippen MR) is 77.4 cm³/mol. The van der Waals surface area contributed by atoms with E-state index in [-0.39, 0.29) is 15.8 Å². The van der Waals surface area contributed by atoms with Gasteiger partial charge in [0.1, 0.15) is 5.01 Å². The fourth-order valence-corrected chi connectivity index (χ4v) is 2.64. The fraction of sp³-hybridized carbons (Fsp3) is 0.300. The van der Waals surface area contributed by atoms with Gasteiger partial charge in [0.15, 0.2) is 5.69 Å². The van der Waals surface area contributed by atoms with Crippen molar-refractivity contribution in [3.05, 3.63) is 21.9 Å². The molecule has 8 nitrogen and oxygen atoms in total. The molecule has 0 aliphatic carbocycles. The van der Waals surface area contributed by atoms with Gasteiger partial charge in [0, 0.05) is 6.26 Å². The number of hydrogen-bond acceptors (Lipinski definition) is 8. The van der Waals surface area contributed by atoms with Gasteiger partial charge in [-0.25, -0.2) is 18.4 Å². The van der Waals surface area contributed by atoms with Crippen LogP contribution in [0.25, 0.3) is 0 Å². The smallest absolute Gasteiger partial charge is 0.277 e. The maximum atomic E-state index is 12.1. The summed E-state index contributed by atoms with van der Waals surface area (Å²) in [4.78, 5) is 19.3.